The normalized spacial score (nSPS) is 11.5. The van der Waals surface area contributed by atoms with Crippen molar-refractivity contribution in [3.63, 3.8) is 0 Å². The third kappa shape index (κ3) is 5.15. The molecule has 244 valence electrons. The molecule has 0 radical (unpaired) electrons. The Balaban J connectivity index is 1.19. The molecule has 0 fully saturated rings. The molecule has 0 bridgehead atoms. The highest BCUT2D eigenvalue weighted by Crippen LogP contribution is 2.46. The van der Waals surface area contributed by atoms with E-state index in [0.29, 0.717) is 17.5 Å². The third-order valence-electron chi connectivity index (χ3n) is 9.64. The molecule has 0 atom stereocenters. The summed E-state index contributed by atoms with van der Waals surface area (Å²) in [6.07, 6.45) is 0. The van der Waals surface area contributed by atoms with Gasteiger partial charge in [0.1, 0.15) is 5.58 Å². The molecule has 52 heavy (non-hydrogen) atoms. The van der Waals surface area contributed by atoms with E-state index in [4.69, 9.17) is 19.4 Å². The van der Waals surface area contributed by atoms with Crippen molar-refractivity contribution < 1.29 is 4.42 Å². The van der Waals surface area contributed by atoms with E-state index in [1.54, 1.807) is 0 Å². The summed E-state index contributed by atoms with van der Waals surface area (Å²) in [5.74, 6) is 1.82. The first-order chi connectivity index (χ1) is 25.8. The second-order valence-corrected chi connectivity index (χ2v) is 12.9. The fraction of sp³-hybridized carbons (Fsp3) is 0. The number of hydrogen-bond donors (Lipinski definition) is 0. The number of rotatable bonds is 6. The van der Waals surface area contributed by atoms with Crippen LogP contribution in [0.5, 0.6) is 0 Å². The van der Waals surface area contributed by atoms with Gasteiger partial charge in [0.25, 0.3) is 0 Å². The summed E-state index contributed by atoms with van der Waals surface area (Å²) in [6, 6.07) is 62.7. The van der Waals surface area contributed by atoms with Crippen molar-refractivity contribution in [2.24, 2.45) is 0 Å². The molecule has 10 aromatic rings. The standard InChI is InChI=1S/C47H30N4O/c1-4-15-32(16-5-1)45-48-46(35-25-24-31-14-10-11-17-33(31)28-35)50-47(49-45)36-26-27-40-41-29-34-18-12-13-23-39(34)43(44(41)52-42(40)30-36)51(37-19-6-2-7-20-37)38-21-8-3-9-22-38/h1-30H. The Morgan fingerprint density at radius 3 is 1.60 bits per heavy atom. The number of furan rings is 1. The van der Waals surface area contributed by atoms with Crippen molar-refractivity contribution in [3.05, 3.63) is 182 Å². The van der Waals surface area contributed by atoms with Crippen molar-refractivity contribution in [2.45, 2.75) is 0 Å². The van der Waals surface area contributed by atoms with Crippen LogP contribution < -0.4 is 4.90 Å². The van der Waals surface area contributed by atoms with E-state index in [2.05, 4.69) is 144 Å². The molecule has 0 amide bonds. The van der Waals surface area contributed by atoms with Gasteiger partial charge in [0.15, 0.2) is 23.1 Å². The minimum atomic E-state index is 0.583. The first kappa shape index (κ1) is 29.8. The largest absolute Gasteiger partial charge is 0.454 e. The Kier molecular flexibility index (Phi) is 7.07. The molecule has 2 aromatic heterocycles. The maximum atomic E-state index is 6.94. The third-order valence-corrected chi connectivity index (χ3v) is 9.64. The van der Waals surface area contributed by atoms with Gasteiger partial charge in [-0.05, 0) is 64.7 Å². The summed E-state index contributed by atoms with van der Waals surface area (Å²) >= 11 is 0. The zero-order valence-electron chi connectivity index (χ0n) is 28.0. The van der Waals surface area contributed by atoms with E-state index in [0.717, 1.165) is 71.8 Å². The number of hydrogen-bond acceptors (Lipinski definition) is 5. The highest BCUT2D eigenvalue weighted by molar-refractivity contribution is 6.19. The van der Waals surface area contributed by atoms with E-state index in [1.165, 1.54) is 5.39 Å². The Morgan fingerprint density at radius 1 is 0.365 bits per heavy atom. The smallest absolute Gasteiger partial charge is 0.164 e. The zero-order chi connectivity index (χ0) is 34.4. The van der Waals surface area contributed by atoms with Crippen LogP contribution in [0.4, 0.5) is 17.1 Å². The first-order valence-corrected chi connectivity index (χ1v) is 17.4. The van der Waals surface area contributed by atoms with Crippen LogP contribution in [-0.4, -0.2) is 15.0 Å². The van der Waals surface area contributed by atoms with Crippen LogP contribution in [0.15, 0.2) is 186 Å². The van der Waals surface area contributed by atoms with E-state index < -0.39 is 0 Å². The minimum absolute atomic E-state index is 0.583. The van der Waals surface area contributed by atoms with Crippen LogP contribution in [0.25, 0.3) is 77.6 Å². The molecule has 0 spiro atoms. The molecule has 0 aliphatic rings. The van der Waals surface area contributed by atoms with Crippen molar-refractivity contribution in [3.8, 4) is 34.2 Å². The molecule has 8 aromatic carbocycles. The summed E-state index contributed by atoms with van der Waals surface area (Å²) < 4.78 is 6.94. The van der Waals surface area contributed by atoms with Gasteiger partial charge in [0.2, 0.25) is 0 Å². The molecule has 2 heterocycles. The van der Waals surface area contributed by atoms with E-state index in [9.17, 15) is 0 Å². The van der Waals surface area contributed by atoms with Gasteiger partial charge in [0, 0.05) is 44.2 Å². The molecule has 0 saturated carbocycles. The van der Waals surface area contributed by atoms with Gasteiger partial charge in [-0.25, -0.2) is 15.0 Å². The summed E-state index contributed by atoms with van der Waals surface area (Å²) in [4.78, 5) is 17.4. The molecular weight excluding hydrogens is 637 g/mol. The summed E-state index contributed by atoms with van der Waals surface area (Å²) in [7, 11) is 0. The van der Waals surface area contributed by atoms with Gasteiger partial charge in [-0.2, -0.15) is 0 Å². The Labute approximate surface area is 300 Å². The second-order valence-electron chi connectivity index (χ2n) is 12.9. The van der Waals surface area contributed by atoms with Crippen LogP contribution >= 0.6 is 0 Å². The van der Waals surface area contributed by atoms with Crippen LogP contribution in [0.2, 0.25) is 0 Å². The topological polar surface area (TPSA) is 55.1 Å². The van der Waals surface area contributed by atoms with Crippen LogP contribution in [-0.2, 0) is 0 Å². The van der Waals surface area contributed by atoms with Crippen LogP contribution in [0.1, 0.15) is 0 Å². The fourth-order valence-electron chi connectivity index (χ4n) is 7.15. The van der Waals surface area contributed by atoms with Gasteiger partial charge in [-0.15, -0.1) is 0 Å². The number of para-hydroxylation sites is 2. The lowest BCUT2D eigenvalue weighted by Gasteiger charge is -2.26. The lowest BCUT2D eigenvalue weighted by Crippen LogP contribution is -2.10. The van der Waals surface area contributed by atoms with Crippen molar-refractivity contribution in [1.82, 2.24) is 15.0 Å². The molecular formula is C47H30N4O. The van der Waals surface area contributed by atoms with Crippen LogP contribution in [0, 0.1) is 0 Å². The highest BCUT2D eigenvalue weighted by Gasteiger charge is 2.23. The average Bonchev–Trinajstić information content (AvgIpc) is 3.59. The maximum absolute atomic E-state index is 6.94. The molecule has 10 rings (SSSR count). The maximum Gasteiger partial charge on any atom is 0.164 e. The lowest BCUT2D eigenvalue weighted by molar-refractivity contribution is 0.669. The van der Waals surface area contributed by atoms with Crippen LogP contribution in [0.3, 0.4) is 0 Å². The number of nitrogens with zero attached hydrogens (tertiary/aromatic N) is 4. The number of fused-ring (bicyclic) bond motifs is 5. The van der Waals surface area contributed by atoms with Crippen molar-refractivity contribution in [2.75, 3.05) is 4.90 Å². The monoisotopic (exact) mass is 666 g/mol. The summed E-state index contributed by atoms with van der Waals surface area (Å²) in [5, 5.41) is 6.62. The molecule has 5 heteroatoms. The predicted molar refractivity (Wildman–Crippen MR) is 213 cm³/mol. The van der Waals surface area contributed by atoms with Gasteiger partial charge in [0.05, 0.1) is 5.69 Å². The fourth-order valence-corrected chi connectivity index (χ4v) is 7.15. The quantitative estimate of drug-likeness (QED) is 0.177. The number of benzene rings is 8. The number of anilines is 3. The van der Waals surface area contributed by atoms with Gasteiger partial charge < -0.3 is 9.32 Å². The second kappa shape index (κ2) is 12.3. The predicted octanol–water partition coefficient (Wildman–Crippen LogP) is 12.5. The van der Waals surface area contributed by atoms with Crippen molar-refractivity contribution in [1.29, 1.82) is 0 Å². The molecule has 5 nitrogen and oxygen atoms in total. The van der Waals surface area contributed by atoms with E-state index >= 15 is 0 Å². The Hall–Kier alpha value is -7.11. The first-order valence-electron chi connectivity index (χ1n) is 17.4. The van der Waals surface area contributed by atoms with Gasteiger partial charge in [-0.1, -0.05) is 133 Å². The van der Waals surface area contributed by atoms with Crippen molar-refractivity contribution >= 4 is 60.5 Å². The highest BCUT2D eigenvalue weighted by atomic mass is 16.3. The summed E-state index contributed by atoms with van der Waals surface area (Å²) in [6.45, 7) is 0. The van der Waals surface area contributed by atoms with E-state index in [-0.39, 0.29) is 0 Å². The summed E-state index contributed by atoms with van der Waals surface area (Å²) in [5.41, 5.74) is 7.38. The van der Waals surface area contributed by atoms with Gasteiger partial charge >= 0.3 is 0 Å². The number of aromatic nitrogens is 3. The Bertz CT molecular complexity index is 2860. The lowest BCUT2D eigenvalue weighted by atomic mass is 10.0. The van der Waals surface area contributed by atoms with E-state index in [1.807, 2.05) is 42.5 Å². The molecule has 0 aliphatic heterocycles. The minimum Gasteiger partial charge on any atom is -0.454 e. The molecule has 0 saturated heterocycles. The molecule has 0 N–H and O–H groups in total. The van der Waals surface area contributed by atoms with Gasteiger partial charge in [-0.3, -0.25) is 0 Å². The Morgan fingerprint density at radius 2 is 0.904 bits per heavy atom. The molecule has 0 unspecified atom stereocenters. The average molecular weight is 667 g/mol. The zero-order valence-corrected chi connectivity index (χ0v) is 28.0. The SMILES string of the molecule is c1ccc(-c2nc(-c3ccc4ccccc4c3)nc(-c3ccc4c(c3)oc3c(N(c5ccccc5)c5ccccc5)c5ccccc5cc34)n2)cc1. The molecule has 0 aliphatic carbocycles.